The molecule has 4 N–H and O–H groups in total. The standard InChI is InChI=1S/C29H42FNO6/c1-16(10-18(3)31-25(36)37)13-28(24(35)15-32)17(2)11-22-21-7-6-19-12-20(33)8-9-26(19,4)29(21,30)23(34)14-27(22,28)5/h8-9,12,16-18,21-23,31-32,34H,6-7,10-11,13-15H2,1-5H3,(H,36,37)/t16?,17-,18?,21?,22?,23-,26-,27-,28-,29?/m0/s1. The Labute approximate surface area is 218 Å². The molecule has 8 heteroatoms. The summed E-state index contributed by atoms with van der Waals surface area (Å²) >= 11 is 0. The van der Waals surface area contributed by atoms with Crippen molar-refractivity contribution in [2.75, 3.05) is 6.61 Å². The molecule has 7 nitrogen and oxygen atoms in total. The second kappa shape index (κ2) is 9.30. The molecule has 0 bridgehead atoms. The van der Waals surface area contributed by atoms with Gasteiger partial charge in [0, 0.05) is 22.8 Å². The number of allylic oxidation sites excluding steroid dienone is 4. The van der Waals surface area contributed by atoms with Crippen molar-refractivity contribution in [3.05, 3.63) is 23.8 Å². The van der Waals surface area contributed by atoms with Crippen molar-refractivity contribution in [3.63, 3.8) is 0 Å². The van der Waals surface area contributed by atoms with E-state index in [1.165, 1.54) is 12.2 Å². The van der Waals surface area contributed by atoms with Crippen molar-refractivity contribution in [1.29, 1.82) is 0 Å². The molecule has 0 aromatic rings. The minimum absolute atomic E-state index is 0.0460. The molecule has 0 saturated heterocycles. The first-order valence-corrected chi connectivity index (χ1v) is 13.6. The lowest BCUT2D eigenvalue weighted by Gasteiger charge is -2.63. The third-order valence-electron chi connectivity index (χ3n) is 10.9. The number of nitrogens with one attached hydrogen (secondary N) is 1. The monoisotopic (exact) mass is 519 g/mol. The topological polar surface area (TPSA) is 124 Å². The Hall–Kier alpha value is -2.06. The van der Waals surface area contributed by atoms with Gasteiger partial charge in [0.15, 0.2) is 17.2 Å². The minimum Gasteiger partial charge on any atom is -0.465 e. The van der Waals surface area contributed by atoms with Crippen molar-refractivity contribution in [2.45, 2.75) is 91.0 Å². The molecule has 206 valence electrons. The van der Waals surface area contributed by atoms with Gasteiger partial charge in [0.25, 0.3) is 0 Å². The summed E-state index contributed by atoms with van der Waals surface area (Å²) in [5.74, 6) is -1.31. The molecule has 4 aliphatic rings. The van der Waals surface area contributed by atoms with Gasteiger partial charge in [-0.25, -0.2) is 9.18 Å². The highest BCUT2D eigenvalue weighted by atomic mass is 19.1. The van der Waals surface area contributed by atoms with Crippen molar-refractivity contribution in [3.8, 4) is 0 Å². The van der Waals surface area contributed by atoms with Gasteiger partial charge >= 0.3 is 6.09 Å². The van der Waals surface area contributed by atoms with E-state index < -0.39 is 46.6 Å². The van der Waals surface area contributed by atoms with Crippen LogP contribution < -0.4 is 5.32 Å². The lowest BCUT2D eigenvalue weighted by atomic mass is 9.42. The number of aliphatic hydroxyl groups excluding tert-OH is 2. The molecule has 0 aromatic heterocycles. The van der Waals surface area contributed by atoms with E-state index in [-0.39, 0.29) is 41.8 Å². The smallest absolute Gasteiger partial charge is 0.404 e. The van der Waals surface area contributed by atoms with Gasteiger partial charge in [0.05, 0.1) is 6.10 Å². The molecular weight excluding hydrogens is 477 g/mol. The summed E-state index contributed by atoms with van der Waals surface area (Å²) in [5, 5.41) is 33.3. The number of carbonyl (C=O) groups is 3. The van der Waals surface area contributed by atoms with Gasteiger partial charge in [-0.05, 0) is 87.7 Å². The van der Waals surface area contributed by atoms with Crippen LogP contribution in [0.25, 0.3) is 0 Å². The van der Waals surface area contributed by atoms with E-state index in [9.17, 15) is 24.6 Å². The van der Waals surface area contributed by atoms with Gasteiger partial charge in [-0.2, -0.15) is 0 Å². The van der Waals surface area contributed by atoms with Gasteiger partial charge < -0.3 is 20.6 Å². The number of amides is 1. The van der Waals surface area contributed by atoms with E-state index in [0.29, 0.717) is 32.1 Å². The Morgan fingerprint density at radius 2 is 1.92 bits per heavy atom. The molecule has 37 heavy (non-hydrogen) atoms. The van der Waals surface area contributed by atoms with Crippen LogP contribution in [-0.2, 0) is 9.59 Å². The van der Waals surface area contributed by atoms with Crippen LogP contribution in [0.15, 0.2) is 23.8 Å². The van der Waals surface area contributed by atoms with E-state index in [0.717, 1.165) is 5.57 Å². The van der Waals surface area contributed by atoms with Crippen LogP contribution in [0, 0.1) is 39.9 Å². The Morgan fingerprint density at radius 1 is 1.24 bits per heavy atom. The SMILES string of the molecule is CC(CC(C)NC(=O)O)C[C@@]1(C(=O)CO)[C@@H](C)CC2C3CCC4=CC(=O)C=C[C@]4(C)C3(F)[C@@H](O)C[C@@]21C. The van der Waals surface area contributed by atoms with E-state index in [1.54, 1.807) is 19.9 Å². The van der Waals surface area contributed by atoms with Crippen molar-refractivity contribution in [2.24, 2.45) is 39.9 Å². The van der Waals surface area contributed by atoms with E-state index >= 15 is 4.39 Å². The first-order chi connectivity index (χ1) is 17.2. The van der Waals surface area contributed by atoms with Gasteiger partial charge in [-0.1, -0.05) is 32.4 Å². The fourth-order valence-corrected chi connectivity index (χ4v) is 9.44. The maximum Gasteiger partial charge on any atom is 0.404 e. The number of carboxylic acid groups (broad SMARTS) is 1. The fourth-order valence-electron chi connectivity index (χ4n) is 9.44. The Kier molecular flexibility index (Phi) is 7.03. The summed E-state index contributed by atoms with van der Waals surface area (Å²) in [6, 6.07) is -0.311. The number of aliphatic hydroxyl groups is 2. The van der Waals surface area contributed by atoms with Crippen LogP contribution in [0.5, 0.6) is 0 Å². The van der Waals surface area contributed by atoms with Crippen molar-refractivity contribution < 1.29 is 34.1 Å². The Balaban J connectivity index is 1.74. The van der Waals surface area contributed by atoms with Crippen LogP contribution >= 0.6 is 0 Å². The molecule has 0 aliphatic heterocycles. The molecule has 5 unspecified atom stereocenters. The van der Waals surface area contributed by atoms with Gasteiger partial charge in [0.1, 0.15) is 6.61 Å². The molecule has 0 aromatic carbocycles. The fraction of sp³-hybridized carbons (Fsp3) is 0.759. The predicted molar refractivity (Wildman–Crippen MR) is 136 cm³/mol. The Bertz CT molecular complexity index is 1040. The molecule has 4 aliphatic carbocycles. The summed E-state index contributed by atoms with van der Waals surface area (Å²) in [5.41, 5.74) is -4.05. The van der Waals surface area contributed by atoms with Crippen LogP contribution in [0.3, 0.4) is 0 Å². The largest absolute Gasteiger partial charge is 0.465 e. The highest BCUT2D eigenvalue weighted by Gasteiger charge is 2.75. The number of alkyl halides is 1. The maximum absolute atomic E-state index is 17.4. The van der Waals surface area contributed by atoms with Crippen LogP contribution in [-0.4, -0.2) is 57.4 Å². The van der Waals surface area contributed by atoms with Crippen LogP contribution in [0.4, 0.5) is 9.18 Å². The third-order valence-corrected chi connectivity index (χ3v) is 10.9. The van der Waals surface area contributed by atoms with E-state index in [2.05, 4.69) is 5.32 Å². The number of rotatable bonds is 7. The first-order valence-electron chi connectivity index (χ1n) is 13.6. The molecule has 0 radical (unpaired) electrons. The molecule has 3 fully saturated rings. The third kappa shape index (κ3) is 3.84. The van der Waals surface area contributed by atoms with E-state index in [1.807, 2.05) is 20.8 Å². The molecule has 4 rings (SSSR count). The molecular formula is C29H42FNO6. The number of carbonyl (C=O) groups excluding carboxylic acids is 2. The highest BCUT2D eigenvalue weighted by Crippen LogP contribution is 2.74. The number of fused-ring (bicyclic) bond motifs is 5. The maximum atomic E-state index is 17.4. The summed E-state index contributed by atoms with van der Waals surface area (Å²) in [4.78, 5) is 36.9. The second-order valence-corrected chi connectivity index (χ2v) is 12.8. The number of hydrogen-bond donors (Lipinski definition) is 4. The number of halogens is 1. The highest BCUT2D eigenvalue weighted by molar-refractivity contribution is 6.01. The molecule has 3 saturated carbocycles. The lowest BCUT2D eigenvalue weighted by Crippen LogP contribution is -2.68. The average molecular weight is 520 g/mol. The predicted octanol–water partition coefficient (Wildman–Crippen LogP) is 4.22. The first kappa shape index (κ1) is 28.0. The molecule has 1 amide bonds. The molecule has 0 heterocycles. The minimum atomic E-state index is -1.97. The van der Waals surface area contributed by atoms with E-state index in [4.69, 9.17) is 5.11 Å². The zero-order valence-corrected chi connectivity index (χ0v) is 22.6. The van der Waals surface area contributed by atoms with Crippen LogP contribution in [0.2, 0.25) is 0 Å². The average Bonchev–Trinajstić information content (AvgIpc) is 3.01. The van der Waals surface area contributed by atoms with Gasteiger partial charge in [-0.15, -0.1) is 0 Å². The van der Waals surface area contributed by atoms with Crippen molar-refractivity contribution in [1.82, 2.24) is 5.32 Å². The zero-order chi connectivity index (χ0) is 27.6. The van der Waals surface area contributed by atoms with Gasteiger partial charge in [-0.3, -0.25) is 9.59 Å². The Morgan fingerprint density at radius 3 is 2.54 bits per heavy atom. The summed E-state index contributed by atoms with van der Waals surface area (Å²) in [7, 11) is 0. The normalized spacial score (nSPS) is 44.2. The summed E-state index contributed by atoms with van der Waals surface area (Å²) in [6.45, 7) is 8.92. The second-order valence-electron chi connectivity index (χ2n) is 12.8. The number of Topliss-reactive ketones (excluding diaryl/α,β-unsaturated/α-hetero) is 1. The quantitative estimate of drug-likeness (QED) is 0.399. The summed E-state index contributed by atoms with van der Waals surface area (Å²) in [6.07, 6.45) is 4.80. The number of ketones is 2. The molecule has 10 atom stereocenters. The summed E-state index contributed by atoms with van der Waals surface area (Å²) < 4.78 is 17.4. The lowest BCUT2D eigenvalue weighted by molar-refractivity contribution is -0.208. The zero-order valence-electron chi connectivity index (χ0n) is 22.6. The number of hydrogen-bond acceptors (Lipinski definition) is 5. The molecule has 0 spiro atoms. The van der Waals surface area contributed by atoms with Crippen molar-refractivity contribution >= 4 is 17.7 Å². The van der Waals surface area contributed by atoms with Crippen LogP contribution in [0.1, 0.15) is 73.1 Å². The van der Waals surface area contributed by atoms with Gasteiger partial charge in [0.2, 0.25) is 0 Å².